The van der Waals surface area contributed by atoms with Crippen LogP contribution in [0, 0.1) is 11.2 Å². The van der Waals surface area contributed by atoms with Gasteiger partial charge in [0.1, 0.15) is 15.6 Å². The number of esters is 1. The van der Waals surface area contributed by atoms with E-state index in [4.69, 9.17) is 39.5 Å². The van der Waals surface area contributed by atoms with Gasteiger partial charge in [0.15, 0.2) is 6.61 Å². The molecule has 1 fully saturated rings. The van der Waals surface area contributed by atoms with Crippen LogP contribution in [0.3, 0.4) is 0 Å². The predicted octanol–water partition coefficient (Wildman–Crippen LogP) is 3.54. The lowest BCUT2D eigenvalue weighted by molar-refractivity contribution is -0.152. The molecule has 1 atom stereocenters. The molecule has 0 aliphatic heterocycles. The number of alkyl halides is 2. The summed E-state index contributed by atoms with van der Waals surface area (Å²) in [5, 5.41) is 2.30. The van der Waals surface area contributed by atoms with Crippen LogP contribution < -0.4 is 5.32 Å². The van der Waals surface area contributed by atoms with E-state index in [9.17, 15) is 14.0 Å². The second-order valence-electron chi connectivity index (χ2n) is 4.97. The zero-order valence-corrected chi connectivity index (χ0v) is 13.2. The number of rotatable bonds is 4. The molecule has 1 aromatic rings. The molecular weight excluding hydrogens is 344 g/mol. The van der Waals surface area contributed by atoms with Gasteiger partial charge in [-0.15, -0.1) is 23.2 Å². The number of halogens is 4. The molecule has 1 aliphatic rings. The van der Waals surface area contributed by atoms with Gasteiger partial charge in [-0.1, -0.05) is 11.6 Å². The van der Waals surface area contributed by atoms with Crippen LogP contribution in [0.5, 0.6) is 0 Å². The average Bonchev–Trinajstić information content (AvgIpc) is 2.91. The minimum Gasteiger partial charge on any atom is -0.455 e. The van der Waals surface area contributed by atoms with Crippen molar-refractivity contribution in [3.8, 4) is 0 Å². The second kappa shape index (κ2) is 5.63. The summed E-state index contributed by atoms with van der Waals surface area (Å²) in [7, 11) is 0. The van der Waals surface area contributed by atoms with Crippen molar-refractivity contribution < 1.29 is 18.7 Å². The molecule has 1 saturated carbocycles. The van der Waals surface area contributed by atoms with E-state index in [1.54, 1.807) is 6.92 Å². The molecule has 8 heteroatoms. The highest BCUT2D eigenvalue weighted by Gasteiger charge is 2.69. The van der Waals surface area contributed by atoms with Crippen molar-refractivity contribution in [3.63, 3.8) is 0 Å². The Morgan fingerprint density at radius 3 is 2.57 bits per heavy atom. The van der Waals surface area contributed by atoms with Crippen LogP contribution in [-0.4, -0.2) is 22.8 Å². The first-order valence-corrected chi connectivity index (χ1v) is 7.09. The molecule has 1 N–H and O–H groups in total. The van der Waals surface area contributed by atoms with Crippen molar-refractivity contribution in [2.75, 3.05) is 11.9 Å². The normalized spacial score (nSPS) is 22.5. The van der Waals surface area contributed by atoms with Gasteiger partial charge in [0, 0.05) is 12.1 Å². The van der Waals surface area contributed by atoms with Crippen LogP contribution in [0.2, 0.25) is 5.02 Å². The maximum Gasteiger partial charge on any atom is 0.315 e. The first-order valence-electron chi connectivity index (χ1n) is 5.96. The molecule has 0 radical (unpaired) electrons. The van der Waals surface area contributed by atoms with Crippen molar-refractivity contribution in [1.29, 1.82) is 0 Å². The summed E-state index contributed by atoms with van der Waals surface area (Å²) in [6.07, 6.45) is 0.275. The van der Waals surface area contributed by atoms with Crippen molar-refractivity contribution in [2.45, 2.75) is 17.7 Å². The highest BCUT2D eigenvalue weighted by Crippen LogP contribution is 2.64. The lowest BCUT2D eigenvalue weighted by Crippen LogP contribution is -2.26. The number of carbonyl (C=O) groups excluding carboxylic acids is 2. The topological polar surface area (TPSA) is 55.4 Å². The lowest BCUT2D eigenvalue weighted by Gasteiger charge is -2.12. The van der Waals surface area contributed by atoms with E-state index >= 15 is 0 Å². The maximum absolute atomic E-state index is 13.0. The summed E-state index contributed by atoms with van der Waals surface area (Å²) >= 11 is 17.3. The summed E-state index contributed by atoms with van der Waals surface area (Å²) in [5.74, 6) is -1.81. The Kier molecular flexibility index (Phi) is 4.38. The molecular formula is C13H11Cl3FNO3. The average molecular weight is 355 g/mol. The first kappa shape index (κ1) is 16.3. The van der Waals surface area contributed by atoms with Crippen LogP contribution in [0.15, 0.2) is 18.2 Å². The third-order valence-electron chi connectivity index (χ3n) is 3.25. The van der Waals surface area contributed by atoms with E-state index in [-0.39, 0.29) is 11.4 Å². The van der Waals surface area contributed by atoms with Crippen LogP contribution in [-0.2, 0) is 14.3 Å². The molecule has 0 saturated heterocycles. The quantitative estimate of drug-likeness (QED) is 0.664. The largest absolute Gasteiger partial charge is 0.455 e. The SMILES string of the molecule is C[C@]1(C(=O)OCC(=O)Nc2ccc(F)c(Cl)c2)CC1(Cl)Cl. The Morgan fingerprint density at radius 1 is 1.43 bits per heavy atom. The summed E-state index contributed by atoms with van der Waals surface area (Å²) in [6.45, 7) is 1.07. The van der Waals surface area contributed by atoms with Gasteiger partial charge in [0.05, 0.1) is 5.02 Å². The van der Waals surface area contributed by atoms with Crippen molar-refractivity contribution in [2.24, 2.45) is 5.41 Å². The Balaban J connectivity index is 1.85. The van der Waals surface area contributed by atoms with Gasteiger partial charge in [-0.05, 0) is 25.1 Å². The molecule has 0 unspecified atom stereocenters. The minimum absolute atomic E-state index is 0.121. The van der Waals surface area contributed by atoms with Crippen LogP contribution in [0.25, 0.3) is 0 Å². The molecule has 114 valence electrons. The van der Waals surface area contributed by atoms with Gasteiger partial charge in [-0.25, -0.2) is 4.39 Å². The van der Waals surface area contributed by atoms with Crippen molar-refractivity contribution >= 4 is 52.4 Å². The number of anilines is 1. The summed E-state index contributed by atoms with van der Waals surface area (Å²) in [4.78, 5) is 23.4. The Hall–Kier alpha value is -1.04. The van der Waals surface area contributed by atoms with E-state index in [1.165, 1.54) is 12.1 Å². The van der Waals surface area contributed by atoms with Gasteiger partial charge in [-0.3, -0.25) is 9.59 Å². The zero-order chi connectivity index (χ0) is 15.8. The van der Waals surface area contributed by atoms with Gasteiger partial charge in [-0.2, -0.15) is 0 Å². The van der Waals surface area contributed by atoms with Gasteiger partial charge < -0.3 is 10.1 Å². The third kappa shape index (κ3) is 3.42. The number of hydrogen-bond donors (Lipinski definition) is 1. The number of ether oxygens (including phenoxy) is 1. The van der Waals surface area contributed by atoms with Crippen molar-refractivity contribution in [1.82, 2.24) is 0 Å². The molecule has 0 bridgehead atoms. The molecule has 1 aromatic carbocycles. The standard InChI is InChI=1S/C13H11Cl3FNO3/c1-12(6-13(12,15)16)11(20)21-5-10(19)18-7-2-3-9(17)8(14)4-7/h2-4H,5-6H2,1H3,(H,18,19)/t12-/m1/s1. The fourth-order valence-electron chi connectivity index (χ4n) is 1.68. The summed E-state index contributed by atoms with van der Waals surface area (Å²) < 4.78 is 16.7. The van der Waals surface area contributed by atoms with E-state index in [0.717, 1.165) is 6.07 Å². The van der Waals surface area contributed by atoms with E-state index in [1.807, 2.05) is 0 Å². The Morgan fingerprint density at radius 2 is 2.05 bits per heavy atom. The van der Waals surface area contributed by atoms with Crippen molar-refractivity contribution in [3.05, 3.63) is 29.0 Å². The predicted molar refractivity (Wildman–Crippen MR) is 78.2 cm³/mol. The number of carbonyl (C=O) groups is 2. The molecule has 1 aliphatic carbocycles. The second-order valence-corrected chi connectivity index (χ2v) is 6.86. The monoisotopic (exact) mass is 353 g/mol. The summed E-state index contributed by atoms with van der Waals surface area (Å²) in [5.41, 5.74) is -0.695. The molecule has 2 rings (SSSR count). The first-order chi connectivity index (χ1) is 9.65. The van der Waals surface area contributed by atoms with E-state index < -0.39 is 34.0 Å². The van der Waals surface area contributed by atoms with Crippen LogP contribution in [0.1, 0.15) is 13.3 Å². The summed E-state index contributed by atoms with van der Waals surface area (Å²) in [6, 6.07) is 3.71. The molecule has 1 amide bonds. The number of benzene rings is 1. The lowest BCUT2D eigenvalue weighted by atomic mass is 10.1. The van der Waals surface area contributed by atoms with E-state index in [0.29, 0.717) is 5.69 Å². The van der Waals surface area contributed by atoms with Crippen LogP contribution in [0.4, 0.5) is 10.1 Å². The molecule has 21 heavy (non-hydrogen) atoms. The zero-order valence-electron chi connectivity index (χ0n) is 10.9. The fourth-order valence-corrected chi connectivity index (χ4v) is 2.55. The third-order valence-corrected chi connectivity index (χ3v) is 4.64. The highest BCUT2D eigenvalue weighted by molar-refractivity contribution is 6.53. The molecule has 0 aromatic heterocycles. The van der Waals surface area contributed by atoms with E-state index in [2.05, 4.69) is 5.32 Å². The fraction of sp³-hybridized carbons (Fsp3) is 0.385. The van der Waals surface area contributed by atoms with Gasteiger partial charge in [0.25, 0.3) is 5.91 Å². The highest BCUT2D eigenvalue weighted by atomic mass is 35.5. The smallest absolute Gasteiger partial charge is 0.315 e. The maximum atomic E-state index is 13.0. The number of hydrogen-bond acceptors (Lipinski definition) is 3. The van der Waals surface area contributed by atoms with Crippen LogP contribution >= 0.6 is 34.8 Å². The minimum atomic E-state index is -1.15. The van der Waals surface area contributed by atoms with Gasteiger partial charge in [0.2, 0.25) is 0 Å². The molecule has 4 nitrogen and oxygen atoms in total. The Bertz CT molecular complexity index is 608. The van der Waals surface area contributed by atoms with Gasteiger partial charge >= 0.3 is 5.97 Å². The molecule has 0 spiro atoms. The number of amides is 1. The Labute approximate surface area is 135 Å². The molecule has 0 heterocycles. The number of nitrogens with one attached hydrogen (secondary N) is 1.